The lowest BCUT2D eigenvalue weighted by molar-refractivity contribution is 0.385. The highest BCUT2D eigenvalue weighted by Gasteiger charge is 2.14. The Hall–Kier alpha value is -0.900. The van der Waals surface area contributed by atoms with E-state index in [1.54, 1.807) is 0 Å². The molecule has 4 nitrogen and oxygen atoms in total. The molecule has 1 fully saturated rings. The molecule has 1 aromatic rings. The molecule has 1 aromatic heterocycles. The summed E-state index contributed by atoms with van der Waals surface area (Å²) >= 11 is 0. The third-order valence-electron chi connectivity index (χ3n) is 2.45. The van der Waals surface area contributed by atoms with Crippen LogP contribution in [0.2, 0.25) is 0 Å². The van der Waals surface area contributed by atoms with Gasteiger partial charge in [0, 0.05) is 19.4 Å². The number of hydrogen-bond donors (Lipinski definition) is 1. The fraction of sp³-hybridized carbons (Fsp3) is 0.778. The molecule has 0 bridgehead atoms. The summed E-state index contributed by atoms with van der Waals surface area (Å²) in [7, 11) is 0. The van der Waals surface area contributed by atoms with Gasteiger partial charge in [-0.25, -0.2) is 0 Å². The normalized spacial score (nSPS) is 22.4. The maximum atomic E-state index is 4.90. The molecule has 0 amide bonds. The summed E-state index contributed by atoms with van der Waals surface area (Å²) in [6.07, 6.45) is 4.64. The van der Waals surface area contributed by atoms with Crippen molar-refractivity contribution < 1.29 is 4.52 Å². The monoisotopic (exact) mass is 181 g/mol. The van der Waals surface area contributed by atoms with Crippen molar-refractivity contribution in [1.29, 1.82) is 0 Å². The summed E-state index contributed by atoms with van der Waals surface area (Å²) in [4.78, 5) is 4.17. The van der Waals surface area contributed by atoms with Crippen LogP contribution in [0.1, 0.15) is 31.0 Å². The zero-order valence-corrected chi connectivity index (χ0v) is 7.92. The van der Waals surface area contributed by atoms with Crippen molar-refractivity contribution >= 4 is 0 Å². The second-order valence-corrected chi connectivity index (χ2v) is 3.56. The molecule has 13 heavy (non-hydrogen) atoms. The lowest BCUT2D eigenvalue weighted by Gasteiger charge is -2.06. The van der Waals surface area contributed by atoms with E-state index < -0.39 is 0 Å². The van der Waals surface area contributed by atoms with Crippen LogP contribution in [0.3, 0.4) is 0 Å². The minimum absolute atomic E-state index is 0.661. The molecule has 2 heterocycles. The smallest absolute Gasteiger partial charge is 0.223 e. The Kier molecular flexibility index (Phi) is 2.59. The van der Waals surface area contributed by atoms with Gasteiger partial charge in [0.1, 0.15) is 0 Å². The van der Waals surface area contributed by atoms with E-state index in [1.165, 1.54) is 12.8 Å². The summed E-state index contributed by atoms with van der Waals surface area (Å²) in [6.45, 7) is 2.99. The number of nitrogens with one attached hydrogen (secondary N) is 1. The van der Waals surface area contributed by atoms with E-state index in [0.717, 1.165) is 25.2 Å². The molecule has 0 aliphatic carbocycles. The van der Waals surface area contributed by atoms with Crippen LogP contribution in [0.15, 0.2) is 4.52 Å². The second kappa shape index (κ2) is 3.87. The molecule has 4 heteroatoms. The van der Waals surface area contributed by atoms with Gasteiger partial charge in [0.15, 0.2) is 5.82 Å². The van der Waals surface area contributed by atoms with Crippen molar-refractivity contribution in [2.45, 2.75) is 38.6 Å². The first-order valence-electron chi connectivity index (χ1n) is 4.87. The average molecular weight is 181 g/mol. The number of rotatable bonds is 3. The zero-order valence-electron chi connectivity index (χ0n) is 7.92. The minimum Gasteiger partial charge on any atom is -0.340 e. The van der Waals surface area contributed by atoms with Gasteiger partial charge in [0.25, 0.3) is 0 Å². The molecule has 0 saturated carbocycles. The molecule has 1 atom stereocenters. The fourth-order valence-corrected chi connectivity index (χ4v) is 1.75. The number of nitrogens with zero attached hydrogens (tertiary/aromatic N) is 2. The van der Waals surface area contributed by atoms with E-state index in [0.29, 0.717) is 11.9 Å². The highest BCUT2D eigenvalue weighted by atomic mass is 16.5. The maximum Gasteiger partial charge on any atom is 0.223 e. The molecule has 1 aliphatic rings. The first-order valence-corrected chi connectivity index (χ1v) is 4.87. The summed E-state index contributed by atoms with van der Waals surface area (Å²) in [5.41, 5.74) is 0. The first kappa shape index (κ1) is 8.69. The van der Waals surface area contributed by atoms with Crippen molar-refractivity contribution in [1.82, 2.24) is 15.5 Å². The largest absolute Gasteiger partial charge is 0.340 e. The molecule has 0 radical (unpaired) electrons. The molecular weight excluding hydrogens is 166 g/mol. The molecule has 1 unspecified atom stereocenters. The highest BCUT2D eigenvalue weighted by molar-refractivity contribution is 4.86. The van der Waals surface area contributed by atoms with E-state index in [2.05, 4.69) is 15.5 Å². The molecule has 0 spiro atoms. The lowest BCUT2D eigenvalue weighted by Crippen LogP contribution is -2.21. The van der Waals surface area contributed by atoms with Crippen molar-refractivity contribution in [3.8, 4) is 0 Å². The van der Waals surface area contributed by atoms with Crippen molar-refractivity contribution in [3.05, 3.63) is 11.7 Å². The quantitative estimate of drug-likeness (QED) is 0.757. The Balaban J connectivity index is 1.78. The van der Waals surface area contributed by atoms with E-state index >= 15 is 0 Å². The maximum absolute atomic E-state index is 4.90. The van der Waals surface area contributed by atoms with Gasteiger partial charge in [0.2, 0.25) is 5.89 Å². The lowest BCUT2D eigenvalue weighted by atomic mass is 10.1. The van der Waals surface area contributed by atoms with Gasteiger partial charge < -0.3 is 9.84 Å². The van der Waals surface area contributed by atoms with Gasteiger partial charge >= 0.3 is 0 Å². The molecule has 72 valence electrons. The van der Waals surface area contributed by atoms with Gasteiger partial charge in [-0.2, -0.15) is 4.98 Å². The number of hydrogen-bond acceptors (Lipinski definition) is 4. The molecule has 2 rings (SSSR count). The fourth-order valence-electron chi connectivity index (χ4n) is 1.75. The van der Waals surface area contributed by atoms with E-state index in [9.17, 15) is 0 Å². The molecule has 0 aromatic carbocycles. The van der Waals surface area contributed by atoms with Crippen LogP contribution in [0.5, 0.6) is 0 Å². The van der Waals surface area contributed by atoms with Crippen LogP contribution in [-0.4, -0.2) is 22.7 Å². The molecule has 1 aliphatic heterocycles. The highest BCUT2D eigenvalue weighted by Crippen LogP contribution is 2.11. The van der Waals surface area contributed by atoms with E-state index in [-0.39, 0.29) is 0 Å². The van der Waals surface area contributed by atoms with Crippen molar-refractivity contribution in [2.75, 3.05) is 6.54 Å². The Labute approximate surface area is 77.7 Å². The Bertz CT molecular complexity index is 266. The van der Waals surface area contributed by atoms with Crippen molar-refractivity contribution in [3.63, 3.8) is 0 Å². The van der Waals surface area contributed by atoms with Gasteiger partial charge in [-0.1, -0.05) is 5.16 Å². The van der Waals surface area contributed by atoms with Crippen LogP contribution in [0.25, 0.3) is 0 Å². The van der Waals surface area contributed by atoms with Crippen molar-refractivity contribution in [2.24, 2.45) is 0 Å². The topological polar surface area (TPSA) is 51.0 Å². The third-order valence-corrected chi connectivity index (χ3v) is 2.45. The number of aryl methyl sites for hydroxylation is 2. The summed E-state index contributed by atoms with van der Waals surface area (Å²) in [5, 5.41) is 7.31. The second-order valence-electron chi connectivity index (χ2n) is 3.56. The molecule has 1 saturated heterocycles. The summed E-state index contributed by atoms with van der Waals surface area (Å²) in [5.74, 6) is 1.50. The minimum atomic E-state index is 0.661. The number of aromatic nitrogens is 2. The van der Waals surface area contributed by atoms with Crippen LogP contribution in [0.4, 0.5) is 0 Å². The average Bonchev–Trinajstić information content (AvgIpc) is 2.71. The van der Waals surface area contributed by atoms with Crippen LogP contribution in [-0.2, 0) is 6.42 Å². The van der Waals surface area contributed by atoms with Gasteiger partial charge in [0.05, 0.1) is 0 Å². The predicted molar refractivity (Wildman–Crippen MR) is 48.4 cm³/mol. The molecule has 1 N–H and O–H groups in total. The Morgan fingerprint density at radius 2 is 2.54 bits per heavy atom. The zero-order chi connectivity index (χ0) is 9.10. The van der Waals surface area contributed by atoms with Gasteiger partial charge in [-0.15, -0.1) is 0 Å². The van der Waals surface area contributed by atoms with Crippen LogP contribution >= 0.6 is 0 Å². The SMILES string of the molecule is Cc1nc(CCC2CCCN2)no1. The third kappa shape index (κ3) is 2.28. The predicted octanol–water partition coefficient (Wildman–Crippen LogP) is 1.06. The first-order chi connectivity index (χ1) is 6.34. The summed E-state index contributed by atoms with van der Waals surface area (Å²) in [6, 6.07) is 0.666. The van der Waals surface area contributed by atoms with E-state index in [4.69, 9.17) is 4.52 Å². The standard InChI is InChI=1S/C9H15N3O/c1-7-11-9(12-13-7)5-4-8-3-2-6-10-8/h8,10H,2-6H2,1H3. The Morgan fingerprint density at radius 3 is 3.15 bits per heavy atom. The van der Waals surface area contributed by atoms with Crippen LogP contribution < -0.4 is 5.32 Å². The Morgan fingerprint density at radius 1 is 1.62 bits per heavy atom. The molecular formula is C9H15N3O. The van der Waals surface area contributed by atoms with Crippen LogP contribution in [0, 0.1) is 6.92 Å². The summed E-state index contributed by atoms with van der Waals surface area (Å²) < 4.78 is 4.90. The van der Waals surface area contributed by atoms with Gasteiger partial charge in [-0.3, -0.25) is 0 Å². The van der Waals surface area contributed by atoms with E-state index in [1.807, 2.05) is 6.92 Å². The van der Waals surface area contributed by atoms with Gasteiger partial charge in [-0.05, 0) is 25.8 Å².